The molecule has 0 bridgehead atoms. The van der Waals surface area contributed by atoms with Crippen LogP contribution in [0.4, 0.5) is 0 Å². The van der Waals surface area contributed by atoms with E-state index in [4.69, 9.17) is 0 Å². The van der Waals surface area contributed by atoms with Crippen molar-refractivity contribution in [2.24, 2.45) is 0 Å². The Morgan fingerprint density at radius 1 is 0.917 bits per heavy atom. The summed E-state index contributed by atoms with van der Waals surface area (Å²) in [7, 11) is 0. The van der Waals surface area contributed by atoms with Gasteiger partial charge in [0, 0.05) is 12.2 Å². The zero-order valence-electron chi connectivity index (χ0n) is 14.2. The van der Waals surface area contributed by atoms with E-state index in [1.807, 2.05) is 50.2 Å². The minimum absolute atomic E-state index is 0.143. The van der Waals surface area contributed by atoms with Crippen LogP contribution in [-0.2, 0) is 13.0 Å². The number of aromatic nitrogens is 2. The fraction of sp³-hybridized carbons (Fsp3) is 0.238. The highest BCUT2D eigenvalue weighted by atomic mass is 16.1. The standard InChI is InChI=1S/C21H22N2O/c1-16-20(19-13-7-4-8-14-19)21(24)22-17(2)23(16)15-9-12-18-10-5-3-6-11-18/h3-8,10-11,13-14H,9,12,15H2,1-2H3. The van der Waals surface area contributed by atoms with Crippen molar-refractivity contribution in [2.75, 3.05) is 0 Å². The zero-order valence-corrected chi connectivity index (χ0v) is 14.2. The highest BCUT2D eigenvalue weighted by Crippen LogP contribution is 2.20. The van der Waals surface area contributed by atoms with E-state index in [2.05, 4.69) is 33.8 Å². The zero-order chi connectivity index (χ0) is 16.9. The van der Waals surface area contributed by atoms with Gasteiger partial charge < -0.3 is 4.57 Å². The van der Waals surface area contributed by atoms with Gasteiger partial charge in [-0.3, -0.25) is 4.79 Å². The predicted octanol–water partition coefficient (Wildman–Crippen LogP) is 4.16. The van der Waals surface area contributed by atoms with Crippen LogP contribution >= 0.6 is 0 Å². The van der Waals surface area contributed by atoms with E-state index in [0.717, 1.165) is 36.5 Å². The van der Waals surface area contributed by atoms with Crippen LogP contribution in [0.3, 0.4) is 0 Å². The highest BCUT2D eigenvalue weighted by molar-refractivity contribution is 5.64. The van der Waals surface area contributed by atoms with Gasteiger partial charge in [-0.25, -0.2) is 0 Å². The quantitative estimate of drug-likeness (QED) is 0.708. The van der Waals surface area contributed by atoms with Gasteiger partial charge in [-0.15, -0.1) is 0 Å². The molecule has 0 saturated heterocycles. The van der Waals surface area contributed by atoms with Crippen LogP contribution < -0.4 is 5.56 Å². The Kier molecular flexibility index (Phi) is 4.90. The first-order valence-corrected chi connectivity index (χ1v) is 8.34. The molecular formula is C21H22N2O. The van der Waals surface area contributed by atoms with Crippen LogP contribution in [-0.4, -0.2) is 9.55 Å². The molecule has 2 aromatic carbocycles. The lowest BCUT2D eigenvalue weighted by Crippen LogP contribution is -2.21. The van der Waals surface area contributed by atoms with Crippen LogP contribution in [0.1, 0.15) is 23.5 Å². The highest BCUT2D eigenvalue weighted by Gasteiger charge is 2.13. The SMILES string of the molecule is Cc1nc(=O)c(-c2ccccc2)c(C)n1CCCc1ccccc1. The average Bonchev–Trinajstić information content (AvgIpc) is 2.59. The summed E-state index contributed by atoms with van der Waals surface area (Å²) in [6.07, 6.45) is 2.04. The van der Waals surface area contributed by atoms with E-state index in [9.17, 15) is 4.79 Å². The average molecular weight is 318 g/mol. The normalized spacial score (nSPS) is 10.8. The molecule has 0 saturated carbocycles. The maximum atomic E-state index is 12.4. The number of hydrogen-bond donors (Lipinski definition) is 0. The first-order valence-electron chi connectivity index (χ1n) is 8.34. The Labute approximate surface area is 142 Å². The second-order valence-corrected chi connectivity index (χ2v) is 6.03. The monoisotopic (exact) mass is 318 g/mol. The van der Waals surface area contributed by atoms with Gasteiger partial charge in [0.1, 0.15) is 5.82 Å². The number of aryl methyl sites for hydroxylation is 2. The van der Waals surface area contributed by atoms with Crippen LogP contribution in [0.5, 0.6) is 0 Å². The van der Waals surface area contributed by atoms with Crippen LogP contribution in [0.2, 0.25) is 0 Å². The molecule has 0 fully saturated rings. The van der Waals surface area contributed by atoms with Crippen molar-refractivity contribution in [1.29, 1.82) is 0 Å². The molecule has 3 rings (SSSR count). The summed E-state index contributed by atoms with van der Waals surface area (Å²) < 4.78 is 2.16. The Morgan fingerprint density at radius 3 is 2.21 bits per heavy atom. The first-order chi connectivity index (χ1) is 11.7. The molecular weight excluding hydrogens is 296 g/mol. The molecule has 1 aromatic heterocycles. The van der Waals surface area contributed by atoms with E-state index in [0.29, 0.717) is 5.56 Å². The third-order valence-electron chi connectivity index (χ3n) is 4.39. The molecule has 24 heavy (non-hydrogen) atoms. The number of hydrogen-bond acceptors (Lipinski definition) is 2. The Morgan fingerprint density at radius 2 is 1.54 bits per heavy atom. The molecule has 0 aliphatic heterocycles. The van der Waals surface area contributed by atoms with Crippen molar-refractivity contribution in [3.8, 4) is 11.1 Å². The van der Waals surface area contributed by atoms with E-state index in [1.54, 1.807) is 0 Å². The molecule has 0 N–H and O–H groups in total. The van der Waals surface area contributed by atoms with Crippen molar-refractivity contribution in [2.45, 2.75) is 33.2 Å². The summed E-state index contributed by atoms with van der Waals surface area (Å²) in [5, 5.41) is 0. The van der Waals surface area contributed by atoms with Crippen LogP contribution in [0.15, 0.2) is 65.5 Å². The smallest absolute Gasteiger partial charge is 0.281 e. The summed E-state index contributed by atoms with van der Waals surface area (Å²) in [6.45, 7) is 4.78. The summed E-state index contributed by atoms with van der Waals surface area (Å²) in [4.78, 5) is 16.6. The maximum Gasteiger partial charge on any atom is 0.281 e. The molecule has 0 unspecified atom stereocenters. The second-order valence-electron chi connectivity index (χ2n) is 6.03. The molecule has 0 atom stereocenters. The van der Waals surface area contributed by atoms with E-state index in [1.165, 1.54) is 5.56 Å². The lowest BCUT2D eigenvalue weighted by molar-refractivity contribution is 0.593. The summed E-state index contributed by atoms with van der Waals surface area (Å²) in [5.41, 5.74) is 3.83. The van der Waals surface area contributed by atoms with E-state index in [-0.39, 0.29) is 5.56 Å². The number of rotatable bonds is 5. The molecule has 0 aliphatic rings. The minimum atomic E-state index is -0.143. The second kappa shape index (κ2) is 7.26. The number of nitrogens with zero attached hydrogens (tertiary/aromatic N) is 2. The van der Waals surface area contributed by atoms with Crippen molar-refractivity contribution in [1.82, 2.24) is 9.55 Å². The van der Waals surface area contributed by atoms with Gasteiger partial charge in [0.2, 0.25) is 0 Å². The topological polar surface area (TPSA) is 34.9 Å². The molecule has 3 nitrogen and oxygen atoms in total. The van der Waals surface area contributed by atoms with E-state index >= 15 is 0 Å². The van der Waals surface area contributed by atoms with Crippen molar-refractivity contribution in [3.05, 3.63) is 88.1 Å². The first kappa shape index (κ1) is 16.2. The third kappa shape index (κ3) is 3.46. The molecule has 0 aliphatic carbocycles. The van der Waals surface area contributed by atoms with Gasteiger partial charge in [-0.1, -0.05) is 60.7 Å². The fourth-order valence-electron chi connectivity index (χ4n) is 3.15. The minimum Gasteiger partial charge on any atom is -0.333 e. The molecule has 3 heteroatoms. The Hall–Kier alpha value is -2.68. The third-order valence-corrected chi connectivity index (χ3v) is 4.39. The van der Waals surface area contributed by atoms with Gasteiger partial charge >= 0.3 is 0 Å². The van der Waals surface area contributed by atoms with Crippen molar-refractivity contribution >= 4 is 0 Å². The van der Waals surface area contributed by atoms with Crippen molar-refractivity contribution < 1.29 is 0 Å². The maximum absolute atomic E-state index is 12.4. The van der Waals surface area contributed by atoms with Gasteiger partial charge in [-0.05, 0) is 37.8 Å². The molecule has 122 valence electrons. The number of benzene rings is 2. The Bertz CT molecular complexity index is 868. The lowest BCUT2D eigenvalue weighted by atomic mass is 10.1. The van der Waals surface area contributed by atoms with Crippen LogP contribution in [0, 0.1) is 13.8 Å². The Balaban J connectivity index is 1.87. The lowest BCUT2D eigenvalue weighted by Gasteiger charge is -2.17. The molecule has 0 spiro atoms. The predicted molar refractivity (Wildman–Crippen MR) is 98.2 cm³/mol. The van der Waals surface area contributed by atoms with Gasteiger partial charge in [0.25, 0.3) is 5.56 Å². The molecule has 3 aromatic rings. The van der Waals surface area contributed by atoms with Crippen molar-refractivity contribution in [3.63, 3.8) is 0 Å². The fourth-order valence-corrected chi connectivity index (χ4v) is 3.15. The molecule has 0 amide bonds. The van der Waals surface area contributed by atoms with Crippen LogP contribution in [0.25, 0.3) is 11.1 Å². The summed E-state index contributed by atoms with van der Waals surface area (Å²) in [5.74, 6) is 0.783. The molecule has 0 radical (unpaired) electrons. The molecule has 1 heterocycles. The summed E-state index contributed by atoms with van der Waals surface area (Å²) in [6, 6.07) is 20.3. The van der Waals surface area contributed by atoms with Gasteiger partial charge in [0.15, 0.2) is 0 Å². The largest absolute Gasteiger partial charge is 0.333 e. The van der Waals surface area contributed by atoms with Gasteiger partial charge in [0.05, 0.1) is 5.56 Å². The van der Waals surface area contributed by atoms with Gasteiger partial charge in [-0.2, -0.15) is 4.98 Å². The van der Waals surface area contributed by atoms with E-state index < -0.39 is 0 Å². The summed E-state index contributed by atoms with van der Waals surface area (Å²) >= 11 is 0.